The third kappa shape index (κ3) is 2.93. The van der Waals surface area contributed by atoms with Crippen molar-refractivity contribution in [1.29, 1.82) is 0 Å². The number of carbonyl (C=O) groups excluding carboxylic acids is 1. The summed E-state index contributed by atoms with van der Waals surface area (Å²) in [5, 5.41) is 13.2. The SMILES string of the molecule is CS[C@@H](CO)[C@@H](C)NC(=O)c1cccc2cc[nH]c12. The number of benzene rings is 1. The number of H-pyrrole nitrogens is 1. The molecule has 0 aliphatic carbocycles. The summed E-state index contributed by atoms with van der Waals surface area (Å²) in [5.74, 6) is -0.118. The summed E-state index contributed by atoms with van der Waals surface area (Å²) < 4.78 is 0. The van der Waals surface area contributed by atoms with Crippen LogP contribution in [0, 0.1) is 0 Å². The summed E-state index contributed by atoms with van der Waals surface area (Å²) in [6, 6.07) is 7.48. The maximum absolute atomic E-state index is 12.3. The summed E-state index contributed by atoms with van der Waals surface area (Å²) in [4.78, 5) is 15.4. The van der Waals surface area contributed by atoms with Gasteiger partial charge in [0.1, 0.15) is 0 Å². The lowest BCUT2D eigenvalue weighted by Crippen LogP contribution is -2.41. The Morgan fingerprint density at radius 2 is 2.26 bits per heavy atom. The van der Waals surface area contributed by atoms with Crippen LogP contribution in [0.5, 0.6) is 0 Å². The van der Waals surface area contributed by atoms with Crippen molar-refractivity contribution in [1.82, 2.24) is 10.3 Å². The quantitative estimate of drug-likeness (QED) is 0.784. The number of fused-ring (bicyclic) bond motifs is 1. The Bertz CT molecular complexity index is 563. The summed E-state index contributed by atoms with van der Waals surface area (Å²) in [6.07, 6.45) is 3.75. The summed E-state index contributed by atoms with van der Waals surface area (Å²) in [5.41, 5.74) is 1.48. The number of hydrogen-bond acceptors (Lipinski definition) is 3. The zero-order valence-electron chi connectivity index (χ0n) is 11.0. The first kappa shape index (κ1) is 14.0. The van der Waals surface area contributed by atoms with E-state index in [0.717, 1.165) is 10.9 Å². The first-order chi connectivity index (χ1) is 9.17. The molecule has 1 amide bonds. The second-order valence-corrected chi connectivity index (χ2v) is 5.54. The van der Waals surface area contributed by atoms with Crippen LogP contribution in [0.25, 0.3) is 10.9 Å². The first-order valence-electron chi connectivity index (χ1n) is 6.18. The average molecular weight is 278 g/mol. The number of hydrogen-bond donors (Lipinski definition) is 3. The average Bonchev–Trinajstić information content (AvgIpc) is 2.87. The van der Waals surface area contributed by atoms with Gasteiger partial charge in [-0.25, -0.2) is 0 Å². The number of aliphatic hydroxyl groups excluding tert-OH is 1. The third-order valence-corrected chi connectivity index (χ3v) is 4.39. The summed E-state index contributed by atoms with van der Waals surface area (Å²) in [7, 11) is 0. The van der Waals surface area contributed by atoms with Crippen LogP contribution in [0.4, 0.5) is 0 Å². The number of amides is 1. The predicted octanol–water partition coefficient (Wildman–Crippen LogP) is 2.01. The predicted molar refractivity (Wildman–Crippen MR) is 79.6 cm³/mol. The van der Waals surface area contributed by atoms with Crippen LogP contribution in [-0.4, -0.2) is 40.2 Å². The van der Waals surface area contributed by atoms with Gasteiger partial charge in [-0.05, 0) is 25.3 Å². The normalized spacial score (nSPS) is 14.3. The van der Waals surface area contributed by atoms with Crippen LogP contribution in [0.15, 0.2) is 30.5 Å². The molecule has 0 fully saturated rings. The molecule has 5 heteroatoms. The molecular weight excluding hydrogens is 260 g/mol. The van der Waals surface area contributed by atoms with Crippen LogP contribution < -0.4 is 5.32 Å². The molecule has 0 spiro atoms. The van der Waals surface area contributed by atoms with E-state index in [1.807, 2.05) is 37.6 Å². The van der Waals surface area contributed by atoms with E-state index in [0.29, 0.717) is 5.56 Å². The minimum absolute atomic E-state index is 0.00629. The molecule has 1 aromatic carbocycles. The molecule has 2 rings (SSSR count). The number of carbonyl (C=O) groups is 1. The molecule has 0 aliphatic rings. The van der Waals surface area contributed by atoms with E-state index in [2.05, 4.69) is 10.3 Å². The van der Waals surface area contributed by atoms with Gasteiger partial charge in [0.25, 0.3) is 5.91 Å². The second-order valence-electron chi connectivity index (χ2n) is 4.47. The van der Waals surface area contributed by atoms with Gasteiger partial charge in [-0.1, -0.05) is 12.1 Å². The topological polar surface area (TPSA) is 65.1 Å². The molecule has 4 nitrogen and oxygen atoms in total. The fraction of sp³-hybridized carbons (Fsp3) is 0.357. The number of aliphatic hydroxyl groups is 1. The van der Waals surface area contributed by atoms with E-state index in [1.165, 1.54) is 0 Å². The van der Waals surface area contributed by atoms with E-state index in [4.69, 9.17) is 0 Å². The first-order valence-corrected chi connectivity index (χ1v) is 7.46. The van der Waals surface area contributed by atoms with Crippen molar-refractivity contribution in [3.8, 4) is 0 Å². The number of para-hydroxylation sites is 1. The van der Waals surface area contributed by atoms with Gasteiger partial charge in [-0.2, -0.15) is 11.8 Å². The van der Waals surface area contributed by atoms with Gasteiger partial charge in [0.05, 0.1) is 17.7 Å². The molecule has 2 aromatic rings. The Morgan fingerprint density at radius 3 is 2.95 bits per heavy atom. The highest BCUT2D eigenvalue weighted by Crippen LogP contribution is 2.17. The van der Waals surface area contributed by atoms with E-state index in [-0.39, 0.29) is 23.8 Å². The van der Waals surface area contributed by atoms with E-state index < -0.39 is 0 Å². The highest BCUT2D eigenvalue weighted by atomic mass is 32.2. The lowest BCUT2D eigenvalue weighted by Gasteiger charge is -2.21. The number of rotatable bonds is 5. The fourth-order valence-corrected chi connectivity index (χ4v) is 2.71. The van der Waals surface area contributed by atoms with Crippen LogP contribution in [0.1, 0.15) is 17.3 Å². The van der Waals surface area contributed by atoms with Gasteiger partial charge in [0.2, 0.25) is 0 Å². The summed E-state index contributed by atoms with van der Waals surface area (Å²) >= 11 is 1.55. The number of nitrogens with one attached hydrogen (secondary N) is 2. The number of aromatic amines is 1. The van der Waals surface area contributed by atoms with Crippen molar-refractivity contribution in [3.05, 3.63) is 36.0 Å². The Balaban J connectivity index is 2.18. The molecule has 0 radical (unpaired) electrons. The van der Waals surface area contributed by atoms with Crippen molar-refractivity contribution in [2.24, 2.45) is 0 Å². The zero-order chi connectivity index (χ0) is 13.8. The van der Waals surface area contributed by atoms with Crippen LogP contribution >= 0.6 is 11.8 Å². The molecule has 2 atom stereocenters. The van der Waals surface area contributed by atoms with Crippen molar-refractivity contribution in [2.45, 2.75) is 18.2 Å². The van der Waals surface area contributed by atoms with Gasteiger partial charge < -0.3 is 15.4 Å². The Kier molecular flexibility index (Phi) is 4.50. The van der Waals surface area contributed by atoms with Crippen molar-refractivity contribution < 1.29 is 9.90 Å². The molecule has 1 aromatic heterocycles. The molecule has 0 saturated carbocycles. The molecule has 102 valence electrons. The van der Waals surface area contributed by atoms with Crippen LogP contribution in [-0.2, 0) is 0 Å². The molecular formula is C14H18N2O2S. The molecule has 0 unspecified atom stereocenters. The summed E-state index contributed by atoms with van der Waals surface area (Å²) in [6.45, 7) is 1.96. The fourth-order valence-electron chi connectivity index (χ4n) is 2.09. The maximum atomic E-state index is 12.3. The lowest BCUT2D eigenvalue weighted by molar-refractivity contribution is 0.0937. The second kappa shape index (κ2) is 6.12. The zero-order valence-corrected chi connectivity index (χ0v) is 11.8. The molecule has 0 bridgehead atoms. The third-order valence-electron chi connectivity index (χ3n) is 3.23. The van der Waals surface area contributed by atoms with Crippen molar-refractivity contribution in [2.75, 3.05) is 12.9 Å². The standard InChI is InChI=1S/C14H18N2O2S/c1-9(12(8-17)19-2)16-14(18)11-5-3-4-10-6-7-15-13(10)11/h3-7,9,12,15,17H,8H2,1-2H3,(H,16,18)/t9-,12+/m1/s1. The van der Waals surface area contributed by atoms with E-state index in [1.54, 1.807) is 17.8 Å². The Morgan fingerprint density at radius 1 is 1.47 bits per heavy atom. The van der Waals surface area contributed by atoms with Gasteiger partial charge in [0, 0.05) is 22.9 Å². The van der Waals surface area contributed by atoms with Crippen LogP contribution in [0.3, 0.4) is 0 Å². The number of thioether (sulfide) groups is 1. The maximum Gasteiger partial charge on any atom is 0.253 e. The van der Waals surface area contributed by atoms with E-state index in [9.17, 15) is 9.90 Å². The van der Waals surface area contributed by atoms with Gasteiger partial charge >= 0.3 is 0 Å². The van der Waals surface area contributed by atoms with E-state index >= 15 is 0 Å². The lowest BCUT2D eigenvalue weighted by atomic mass is 10.1. The largest absolute Gasteiger partial charge is 0.395 e. The molecule has 19 heavy (non-hydrogen) atoms. The molecule has 1 heterocycles. The van der Waals surface area contributed by atoms with Gasteiger partial charge in [-0.3, -0.25) is 4.79 Å². The smallest absolute Gasteiger partial charge is 0.253 e. The highest BCUT2D eigenvalue weighted by molar-refractivity contribution is 7.99. The van der Waals surface area contributed by atoms with Gasteiger partial charge in [-0.15, -0.1) is 0 Å². The highest BCUT2D eigenvalue weighted by Gasteiger charge is 2.19. The van der Waals surface area contributed by atoms with Crippen molar-refractivity contribution in [3.63, 3.8) is 0 Å². The van der Waals surface area contributed by atoms with Gasteiger partial charge in [0.15, 0.2) is 0 Å². The Hall–Kier alpha value is -1.46. The minimum Gasteiger partial charge on any atom is -0.395 e. The molecule has 0 aliphatic heterocycles. The van der Waals surface area contributed by atoms with Crippen molar-refractivity contribution >= 4 is 28.6 Å². The minimum atomic E-state index is -0.118. The van der Waals surface area contributed by atoms with Crippen LogP contribution in [0.2, 0.25) is 0 Å². The number of aromatic nitrogens is 1. The molecule has 0 saturated heterocycles. The molecule has 3 N–H and O–H groups in total. The Labute approximate surface area is 116 Å². The monoisotopic (exact) mass is 278 g/mol.